The van der Waals surface area contributed by atoms with Crippen molar-refractivity contribution in [3.63, 3.8) is 0 Å². The fraction of sp³-hybridized carbons (Fsp3) is 0.308. The van der Waals surface area contributed by atoms with E-state index < -0.39 is 0 Å². The Balaban J connectivity index is 2.57. The molecule has 0 spiro atoms. The second-order valence-corrected chi connectivity index (χ2v) is 4.98. The molecular weight excluding hydrogens is 264 g/mol. The Morgan fingerprint density at radius 2 is 2.16 bits per heavy atom. The lowest BCUT2D eigenvalue weighted by Crippen LogP contribution is -1.99. The third-order valence-electron chi connectivity index (χ3n) is 2.81. The summed E-state index contributed by atoms with van der Waals surface area (Å²) in [7, 11) is 2.88. The number of carbonyl (C=O) groups is 1. The van der Waals surface area contributed by atoms with E-state index in [0.717, 1.165) is 27.1 Å². The number of hydrogen-bond donors (Lipinski definition) is 0. The minimum atomic E-state index is -0.329. The lowest BCUT2D eigenvalue weighted by molar-refractivity contribution is 0.0605. The van der Waals surface area contributed by atoms with E-state index >= 15 is 0 Å². The summed E-state index contributed by atoms with van der Waals surface area (Å²) < 4.78 is 4.76. The lowest BCUT2D eigenvalue weighted by atomic mass is 10.1. The molecule has 0 radical (unpaired) electrons. The van der Waals surface area contributed by atoms with E-state index in [1.165, 1.54) is 25.6 Å². The van der Waals surface area contributed by atoms with Gasteiger partial charge >= 0.3 is 5.97 Å². The Bertz CT molecular complexity index is 661. The average Bonchev–Trinajstić information content (AvgIpc) is 2.75. The Labute approximate surface area is 114 Å². The number of pyridine rings is 1. The molecule has 0 unspecified atom stereocenters. The van der Waals surface area contributed by atoms with Crippen molar-refractivity contribution in [2.75, 3.05) is 14.2 Å². The first-order valence-electron chi connectivity index (χ1n) is 5.64. The van der Waals surface area contributed by atoms with E-state index in [9.17, 15) is 4.79 Å². The van der Waals surface area contributed by atoms with Crippen molar-refractivity contribution in [3.8, 4) is 0 Å². The van der Waals surface area contributed by atoms with E-state index in [0.29, 0.717) is 4.88 Å². The molecular formula is C13H14N2O3S. The van der Waals surface area contributed by atoms with Crippen LogP contribution in [0.15, 0.2) is 17.4 Å². The highest BCUT2D eigenvalue weighted by Crippen LogP contribution is 2.30. The van der Waals surface area contributed by atoms with Crippen LogP contribution in [0.25, 0.3) is 10.2 Å². The number of aryl methyl sites for hydroxylation is 1. The second kappa shape index (κ2) is 5.36. The van der Waals surface area contributed by atoms with Crippen molar-refractivity contribution in [2.45, 2.75) is 13.8 Å². The number of ether oxygens (including phenoxy) is 1. The third-order valence-corrected chi connectivity index (χ3v) is 4.01. The van der Waals surface area contributed by atoms with Gasteiger partial charge in [-0.15, -0.1) is 11.3 Å². The summed E-state index contributed by atoms with van der Waals surface area (Å²) in [5.41, 5.74) is 2.49. The highest BCUT2D eigenvalue weighted by Gasteiger charge is 2.17. The molecule has 2 heterocycles. The van der Waals surface area contributed by atoms with E-state index in [-0.39, 0.29) is 5.97 Å². The van der Waals surface area contributed by atoms with E-state index in [1.54, 1.807) is 6.20 Å². The topological polar surface area (TPSA) is 60.8 Å². The normalized spacial score (nSPS) is 11.7. The van der Waals surface area contributed by atoms with Crippen LogP contribution in [0.1, 0.15) is 27.7 Å². The van der Waals surface area contributed by atoms with Crippen molar-refractivity contribution in [1.29, 1.82) is 0 Å². The molecule has 0 saturated carbocycles. The number of fused-ring (bicyclic) bond motifs is 1. The quantitative estimate of drug-likeness (QED) is 0.492. The number of rotatable bonds is 3. The van der Waals surface area contributed by atoms with E-state index in [2.05, 4.69) is 10.1 Å². The van der Waals surface area contributed by atoms with Crippen LogP contribution in [0.4, 0.5) is 0 Å². The summed E-state index contributed by atoms with van der Waals surface area (Å²) in [5, 5.41) is 4.82. The molecule has 100 valence electrons. The first-order valence-corrected chi connectivity index (χ1v) is 6.45. The smallest absolute Gasteiger partial charge is 0.348 e. The van der Waals surface area contributed by atoms with Crippen molar-refractivity contribution in [2.24, 2.45) is 5.16 Å². The molecule has 0 aliphatic heterocycles. The van der Waals surface area contributed by atoms with Crippen molar-refractivity contribution >= 4 is 33.2 Å². The van der Waals surface area contributed by atoms with Gasteiger partial charge in [-0.05, 0) is 25.5 Å². The number of hydrogen-bond acceptors (Lipinski definition) is 6. The molecule has 0 aliphatic carbocycles. The summed E-state index contributed by atoms with van der Waals surface area (Å²) in [4.78, 5) is 22.1. The van der Waals surface area contributed by atoms with Gasteiger partial charge in [0.1, 0.15) is 16.8 Å². The highest BCUT2D eigenvalue weighted by atomic mass is 32.1. The predicted molar refractivity (Wildman–Crippen MR) is 74.9 cm³/mol. The van der Waals surface area contributed by atoms with E-state index in [1.807, 2.05) is 19.9 Å². The fourth-order valence-electron chi connectivity index (χ4n) is 1.77. The maximum atomic E-state index is 11.6. The molecule has 5 nitrogen and oxygen atoms in total. The number of thiophene rings is 1. The first kappa shape index (κ1) is 13.5. The van der Waals surface area contributed by atoms with Crippen LogP contribution >= 0.6 is 11.3 Å². The molecule has 0 N–H and O–H groups in total. The molecule has 0 atom stereocenters. The summed E-state index contributed by atoms with van der Waals surface area (Å²) in [6, 6.07) is 1.96. The van der Waals surface area contributed by atoms with Gasteiger partial charge in [-0.1, -0.05) is 5.16 Å². The average molecular weight is 278 g/mol. The van der Waals surface area contributed by atoms with Crippen LogP contribution in [0, 0.1) is 6.92 Å². The van der Waals surface area contributed by atoms with Crippen LogP contribution < -0.4 is 0 Å². The van der Waals surface area contributed by atoms with Gasteiger partial charge in [-0.25, -0.2) is 9.78 Å². The summed E-state index contributed by atoms with van der Waals surface area (Å²) >= 11 is 1.33. The molecule has 0 amide bonds. The minimum Gasteiger partial charge on any atom is -0.465 e. The van der Waals surface area contributed by atoms with Crippen LogP contribution in [0.2, 0.25) is 0 Å². The van der Waals surface area contributed by atoms with Crippen LogP contribution in [0.3, 0.4) is 0 Å². The van der Waals surface area contributed by atoms with Crippen LogP contribution in [-0.4, -0.2) is 30.9 Å². The van der Waals surface area contributed by atoms with Gasteiger partial charge in [0, 0.05) is 17.1 Å². The Morgan fingerprint density at radius 1 is 1.42 bits per heavy atom. The van der Waals surface area contributed by atoms with Crippen LogP contribution in [-0.2, 0) is 9.57 Å². The molecule has 0 aromatic carbocycles. The molecule has 0 fully saturated rings. The zero-order valence-corrected chi connectivity index (χ0v) is 12.0. The zero-order valence-electron chi connectivity index (χ0n) is 11.2. The Hall–Kier alpha value is -1.95. The highest BCUT2D eigenvalue weighted by molar-refractivity contribution is 7.20. The van der Waals surface area contributed by atoms with Gasteiger partial charge in [0.15, 0.2) is 0 Å². The minimum absolute atomic E-state index is 0.329. The first-order chi connectivity index (χ1) is 9.08. The van der Waals surface area contributed by atoms with Gasteiger partial charge in [0.2, 0.25) is 0 Å². The van der Waals surface area contributed by atoms with Crippen molar-refractivity contribution < 1.29 is 14.4 Å². The summed E-state index contributed by atoms with van der Waals surface area (Å²) in [6.45, 7) is 3.73. The van der Waals surface area contributed by atoms with Gasteiger partial charge < -0.3 is 9.57 Å². The summed E-state index contributed by atoms with van der Waals surface area (Å²) in [6.07, 6.45) is 1.72. The number of nitrogens with zero attached hydrogens (tertiary/aromatic N) is 2. The third kappa shape index (κ3) is 2.44. The number of esters is 1. The van der Waals surface area contributed by atoms with Gasteiger partial charge in [-0.2, -0.15) is 0 Å². The predicted octanol–water partition coefficient (Wildman–Crippen LogP) is 2.76. The van der Waals surface area contributed by atoms with E-state index in [4.69, 9.17) is 9.57 Å². The number of carbonyl (C=O) groups excluding carboxylic acids is 1. The number of oxime groups is 1. The standard InChI is InChI=1S/C13H14N2O3S/c1-7-10-5-9(8(2)15-18-4)6-14-12(10)19-11(7)13(16)17-3/h5-6H,1-4H3/b15-8+. The molecule has 2 rings (SSSR count). The maximum Gasteiger partial charge on any atom is 0.348 e. The number of methoxy groups -OCH3 is 1. The molecule has 2 aromatic heterocycles. The van der Waals surface area contributed by atoms with Crippen LogP contribution in [0.5, 0.6) is 0 Å². The molecule has 19 heavy (non-hydrogen) atoms. The fourth-order valence-corrected chi connectivity index (χ4v) is 2.82. The summed E-state index contributed by atoms with van der Waals surface area (Å²) in [5.74, 6) is -0.329. The SMILES string of the molecule is CO/N=C(\C)c1cnc2sc(C(=O)OC)c(C)c2c1. The molecule has 0 aliphatic rings. The number of aromatic nitrogens is 1. The maximum absolute atomic E-state index is 11.6. The van der Waals surface area contributed by atoms with Gasteiger partial charge in [0.25, 0.3) is 0 Å². The lowest BCUT2D eigenvalue weighted by Gasteiger charge is -2.00. The Morgan fingerprint density at radius 3 is 2.79 bits per heavy atom. The molecule has 6 heteroatoms. The molecule has 0 saturated heterocycles. The largest absolute Gasteiger partial charge is 0.465 e. The monoisotopic (exact) mass is 278 g/mol. The second-order valence-electron chi connectivity index (χ2n) is 3.98. The molecule has 2 aromatic rings. The zero-order chi connectivity index (χ0) is 14.0. The molecule has 0 bridgehead atoms. The Kier molecular flexibility index (Phi) is 3.80. The van der Waals surface area contributed by atoms with Gasteiger partial charge in [-0.3, -0.25) is 0 Å². The van der Waals surface area contributed by atoms with Gasteiger partial charge in [0.05, 0.1) is 12.8 Å². The van der Waals surface area contributed by atoms with Crippen molar-refractivity contribution in [3.05, 3.63) is 28.3 Å². The van der Waals surface area contributed by atoms with Crippen molar-refractivity contribution in [1.82, 2.24) is 4.98 Å².